The van der Waals surface area contributed by atoms with Crippen LogP contribution in [0.3, 0.4) is 0 Å². The van der Waals surface area contributed by atoms with Gasteiger partial charge in [0.15, 0.2) is 0 Å². The van der Waals surface area contributed by atoms with E-state index in [0.717, 1.165) is 12.8 Å². The standard InChI is InChI=1S/C42H80O/c1-3-5-7-9-10-11-12-13-14-15-16-17-18-19-20-21-22-23-24-25-26-27-28-29-30-31-32-33-34-35-37-39-41-42(43)40-38-36-8-6-4-2/h13-14,27-30,42-43H,3-12,15-26,31-41H2,1-2H3/b14-13-,28-27-,30-29+. The first-order chi connectivity index (χ1) is 21.3. The van der Waals surface area contributed by atoms with Crippen LogP contribution >= 0.6 is 0 Å². The number of rotatable bonds is 36. The maximum absolute atomic E-state index is 10.1. The van der Waals surface area contributed by atoms with Crippen molar-refractivity contribution in [1.82, 2.24) is 0 Å². The number of hydrogen-bond acceptors (Lipinski definition) is 1. The molecule has 0 aliphatic rings. The monoisotopic (exact) mass is 601 g/mol. The molecule has 0 aromatic rings. The van der Waals surface area contributed by atoms with Crippen molar-refractivity contribution in [3.8, 4) is 0 Å². The minimum Gasteiger partial charge on any atom is -0.393 e. The minimum atomic E-state index is -0.0492. The lowest BCUT2D eigenvalue weighted by Crippen LogP contribution is -2.05. The van der Waals surface area contributed by atoms with E-state index in [2.05, 4.69) is 50.3 Å². The fourth-order valence-electron chi connectivity index (χ4n) is 6.04. The molecule has 1 unspecified atom stereocenters. The Morgan fingerprint density at radius 1 is 0.326 bits per heavy atom. The van der Waals surface area contributed by atoms with Crippen molar-refractivity contribution in [3.63, 3.8) is 0 Å². The Hall–Kier alpha value is -0.820. The average molecular weight is 601 g/mol. The smallest absolute Gasteiger partial charge is 0.0540 e. The van der Waals surface area contributed by atoms with E-state index in [1.807, 2.05) is 0 Å². The van der Waals surface area contributed by atoms with Crippen molar-refractivity contribution >= 4 is 0 Å². The molecule has 43 heavy (non-hydrogen) atoms. The van der Waals surface area contributed by atoms with Crippen molar-refractivity contribution in [3.05, 3.63) is 36.5 Å². The van der Waals surface area contributed by atoms with E-state index in [9.17, 15) is 5.11 Å². The van der Waals surface area contributed by atoms with Crippen molar-refractivity contribution in [2.24, 2.45) is 0 Å². The number of hydrogen-bond donors (Lipinski definition) is 1. The summed E-state index contributed by atoms with van der Waals surface area (Å²) in [6.07, 6.45) is 58.2. The van der Waals surface area contributed by atoms with Gasteiger partial charge in [0.05, 0.1) is 6.10 Å². The van der Waals surface area contributed by atoms with Crippen LogP contribution in [-0.2, 0) is 0 Å². The molecular weight excluding hydrogens is 520 g/mol. The molecular formula is C42H80O. The summed E-state index contributed by atoms with van der Waals surface area (Å²) in [4.78, 5) is 0. The first-order valence-corrected chi connectivity index (χ1v) is 20.0. The fourth-order valence-corrected chi connectivity index (χ4v) is 6.04. The second-order valence-electron chi connectivity index (χ2n) is 13.6. The Morgan fingerprint density at radius 2 is 0.581 bits per heavy atom. The summed E-state index contributed by atoms with van der Waals surface area (Å²) in [5, 5.41) is 10.1. The van der Waals surface area contributed by atoms with Gasteiger partial charge in [-0.2, -0.15) is 0 Å². The summed E-state index contributed by atoms with van der Waals surface area (Å²) in [5.41, 5.74) is 0. The summed E-state index contributed by atoms with van der Waals surface area (Å²) in [7, 11) is 0. The van der Waals surface area contributed by atoms with Crippen LogP contribution in [0.2, 0.25) is 0 Å². The lowest BCUT2D eigenvalue weighted by molar-refractivity contribution is 0.147. The Kier molecular flexibility index (Phi) is 38.5. The van der Waals surface area contributed by atoms with Gasteiger partial charge in [-0.25, -0.2) is 0 Å². The zero-order valence-corrected chi connectivity index (χ0v) is 29.8. The van der Waals surface area contributed by atoms with E-state index < -0.39 is 0 Å². The number of unbranched alkanes of at least 4 members (excludes halogenated alkanes) is 27. The lowest BCUT2D eigenvalue weighted by atomic mass is 10.0. The molecule has 0 fully saturated rings. The quantitative estimate of drug-likeness (QED) is 0.0431. The normalized spacial score (nSPS) is 12.9. The lowest BCUT2D eigenvalue weighted by Gasteiger charge is -2.10. The highest BCUT2D eigenvalue weighted by molar-refractivity contribution is 5.02. The van der Waals surface area contributed by atoms with Crippen LogP contribution in [0, 0.1) is 0 Å². The molecule has 0 amide bonds. The predicted molar refractivity (Wildman–Crippen MR) is 197 cm³/mol. The van der Waals surface area contributed by atoms with E-state index in [1.165, 1.54) is 199 Å². The molecule has 254 valence electrons. The van der Waals surface area contributed by atoms with Crippen LogP contribution in [0.4, 0.5) is 0 Å². The highest BCUT2D eigenvalue weighted by atomic mass is 16.3. The van der Waals surface area contributed by atoms with Crippen LogP contribution in [-0.4, -0.2) is 11.2 Å². The zero-order chi connectivity index (χ0) is 31.2. The molecule has 0 bridgehead atoms. The molecule has 0 rings (SSSR count). The van der Waals surface area contributed by atoms with E-state index in [4.69, 9.17) is 0 Å². The summed E-state index contributed by atoms with van der Waals surface area (Å²) in [5.74, 6) is 0. The predicted octanol–water partition coefficient (Wildman–Crippen LogP) is 14.9. The number of aliphatic hydroxyl groups excluding tert-OH is 1. The maximum Gasteiger partial charge on any atom is 0.0540 e. The molecule has 0 aliphatic carbocycles. The van der Waals surface area contributed by atoms with Gasteiger partial charge in [-0.1, -0.05) is 198 Å². The van der Waals surface area contributed by atoms with Crippen molar-refractivity contribution < 1.29 is 5.11 Å². The molecule has 1 heteroatoms. The SMILES string of the molecule is CCCCCCCC/C=C\CCCCCCCCCCCC/C=C\C=C\CCCCCCCCC(O)CCCCCCC. The van der Waals surface area contributed by atoms with Gasteiger partial charge in [0.2, 0.25) is 0 Å². The van der Waals surface area contributed by atoms with Crippen LogP contribution in [0.5, 0.6) is 0 Å². The van der Waals surface area contributed by atoms with Crippen molar-refractivity contribution in [2.75, 3.05) is 0 Å². The van der Waals surface area contributed by atoms with Gasteiger partial charge in [0.25, 0.3) is 0 Å². The summed E-state index contributed by atoms with van der Waals surface area (Å²) >= 11 is 0. The Bertz CT molecular complexity index is 573. The van der Waals surface area contributed by atoms with Crippen LogP contribution < -0.4 is 0 Å². The molecule has 1 atom stereocenters. The fraction of sp³-hybridized carbons (Fsp3) is 0.857. The largest absolute Gasteiger partial charge is 0.393 e. The summed E-state index contributed by atoms with van der Waals surface area (Å²) in [6.45, 7) is 4.55. The third-order valence-electron chi connectivity index (χ3n) is 9.06. The van der Waals surface area contributed by atoms with Gasteiger partial charge in [-0.05, 0) is 64.2 Å². The van der Waals surface area contributed by atoms with Crippen LogP contribution in [0.1, 0.15) is 226 Å². The van der Waals surface area contributed by atoms with Gasteiger partial charge in [-0.15, -0.1) is 0 Å². The Morgan fingerprint density at radius 3 is 0.907 bits per heavy atom. The molecule has 0 aromatic heterocycles. The van der Waals surface area contributed by atoms with Crippen molar-refractivity contribution in [2.45, 2.75) is 232 Å². The second kappa shape index (κ2) is 39.2. The highest BCUT2D eigenvalue weighted by Crippen LogP contribution is 2.15. The minimum absolute atomic E-state index is 0.0492. The van der Waals surface area contributed by atoms with E-state index in [0.29, 0.717) is 0 Å². The topological polar surface area (TPSA) is 20.2 Å². The van der Waals surface area contributed by atoms with Gasteiger partial charge in [0, 0.05) is 0 Å². The third kappa shape index (κ3) is 39.2. The first-order valence-electron chi connectivity index (χ1n) is 20.0. The number of allylic oxidation sites excluding steroid dienone is 6. The summed E-state index contributed by atoms with van der Waals surface area (Å²) < 4.78 is 0. The van der Waals surface area contributed by atoms with Crippen molar-refractivity contribution in [1.29, 1.82) is 0 Å². The van der Waals surface area contributed by atoms with Gasteiger partial charge in [-0.3, -0.25) is 0 Å². The van der Waals surface area contributed by atoms with Gasteiger partial charge >= 0.3 is 0 Å². The maximum atomic E-state index is 10.1. The first kappa shape index (κ1) is 42.2. The third-order valence-corrected chi connectivity index (χ3v) is 9.06. The van der Waals surface area contributed by atoms with Gasteiger partial charge in [0.1, 0.15) is 0 Å². The van der Waals surface area contributed by atoms with Crippen LogP contribution in [0.15, 0.2) is 36.5 Å². The molecule has 0 aliphatic heterocycles. The molecule has 1 N–H and O–H groups in total. The molecule has 0 saturated carbocycles. The van der Waals surface area contributed by atoms with Gasteiger partial charge < -0.3 is 5.11 Å². The van der Waals surface area contributed by atoms with E-state index in [-0.39, 0.29) is 6.10 Å². The number of aliphatic hydroxyl groups is 1. The average Bonchev–Trinajstić information content (AvgIpc) is 3.01. The Balaban J connectivity index is 3.23. The van der Waals surface area contributed by atoms with Crippen LogP contribution in [0.25, 0.3) is 0 Å². The molecule has 0 saturated heterocycles. The molecule has 1 nitrogen and oxygen atoms in total. The van der Waals surface area contributed by atoms with E-state index in [1.54, 1.807) is 0 Å². The molecule has 0 heterocycles. The summed E-state index contributed by atoms with van der Waals surface area (Å²) in [6, 6.07) is 0. The molecule has 0 spiro atoms. The zero-order valence-electron chi connectivity index (χ0n) is 29.8. The highest BCUT2D eigenvalue weighted by Gasteiger charge is 2.03. The molecule has 0 aromatic carbocycles. The molecule has 0 radical (unpaired) electrons. The second-order valence-corrected chi connectivity index (χ2v) is 13.6. The Labute approximate surface area is 272 Å². The van der Waals surface area contributed by atoms with E-state index >= 15 is 0 Å².